The Hall–Kier alpha value is -0.130. The predicted molar refractivity (Wildman–Crippen MR) is 51.8 cm³/mol. The lowest BCUT2D eigenvalue weighted by Crippen LogP contribution is -2.60. The summed E-state index contributed by atoms with van der Waals surface area (Å²) in [5, 5.41) is 8.94. The van der Waals surface area contributed by atoms with Crippen LogP contribution in [0.1, 0.15) is 25.7 Å². The zero-order chi connectivity index (χ0) is 10.2. The summed E-state index contributed by atoms with van der Waals surface area (Å²) < 4.78 is 28.2. The quantitative estimate of drug-likeness (QED) is 0.733. The van der Waals surface area contributed by atoms with Crippen molar-refractivity contribution in [1.82, 2.24) is 0 Å². The van der Waals surface area contributed by atoms with Crippen molar-refractivity contribution >= 4 is 9.84 Å². The second-order valence-corrected chi connectivity index (χ2v) is 6.91. The van der Waals surface area contributed by atoms with E-state index in [1.165, 1.54) is 0 Å². The van der Waals surface area contributed by atoms with Crippen LogP contribution in [0.5, 0.6) is 0 Å². The largest absolute Gasteiger partial charge is 0.395 e. The van der Waals surface area contributed by atoms with Crippen LogP contribution in [0.25, 0.3) is 0 Å². The number of aliphatic hydroxyl groups is 1. The van der Waals surface area contributed by atoms with Gasteiger partial charge in [-0.05, 0) is 12.8 Å². The van der Waals surface area contributed by atoms with Crippen molar-refractivity contribution in [1.29, 1.82) is 0 Å². The zero-order valence-corrected chi connectivity index (χ0v) is 8.92. The Morgan fingerprint density at radius 3 is 2.21 bits per heavy atom. The van der Waals surface area contributed by atoms with Gasteiger partial charge in [0.1, 0.15) is 4.75 Å². The minimum Gasteiger partial charge on any atom is -0.395 e. The average Bonchev–Trinajstić information content (AvgIpc) is 2.53. The van der Waals surface area contributed by atoms with E-state index >= 15 is 0 Å². The minimum atomic E-state index is -3.19. The van der Waals surface area contributed by atoms with Crippen LogP contribution in [0.3, 0.4) is 0 Å². The minimum absolute atomic E-state index is 0.169. The first-order chi connectivity index (χ1) is 6.62. The van der Waals surface area contributed by atoms with Crippen molar-refractivity contribution < 1.29 is 18.3 Å². The van der Waals surface area contributed by atoms with Crippen LogP contribution in [-0.4, -0.2) is 43.3 Å². The number of hydrogen-bond acceptors (Lipinski definition) is 4. The van der Waals surface area contributed by atoms with Crippen LogP contribution in [-0.2, 0) is 14.6 Å². The van der Waals surface area contributed by atoms with Gasteiger partial charge in [-0.2, -0.15) is 0 Å². The standard InChI is InChI=1S/C9H16O4S/c10-5-9(6-13-7-9)14(11,12)8-3-1-2-4-8/h8,10H,1-7H2. The van der Waals surface area contributed by atoms with Gasteiger partial charge in [-0.1, -0.05) is 12.8 Å². The van der Waals surface area contributed by atoms with E-state index < -0.39 is 14.6 Å². The van der Waals surface area contributed by atoms with Crippen LogP contribution in [0.15, 0.2) is 0 Å². The number of hydrogen-bond donors (Lipinski definition) is 1. The summed E-state index contributed by atoms with van der Waals surface area (Å²) in [6, 6.07) is 0. The second kappa shape index (κ2) is 3.47. The maximum atomic E-state index is 12.1. The average molecular weight is 220 g/mol. The molecule has 0 amide bonds. The molecule has 0 aromatic heterocycles. The fourth-order valence-corrected chi connectivity index (χ4v) is 4.56. The van der Waals surface area contributed by atoms with Gasteiger partial charge in [-0.15, -0.1) is 0 Å². The first-order valence-corrected chi connectivity index (χ1v) is 6.59. The van der Waals surface area contributed by atoms with Crippen molar-refractivity contribution in [2.75, 3.05) is 19.8 Å². The summed E-state index contributed by atoms with van der Waals surface area (Å²) in [4.78, 5) is 0. The van der Waals surface area contributed by atoms with Crippen molar-refractivity contribution in [3.63, 3.8) is 0 Å². The smallest absolute Gasteiger partial charge is 0.165 e. The molecule has 0 spiro atoms. The van der Waals surface area contributed by atoms with Gasteiger partial charge in [-0.25, -0.2) is 8.42 Å². The van der Waals surface area contributed by atoms with E-state index in [4.69, 9.17) is 4.74 Å². The number of rotatable bonds is 3. The summed E-state index contributed by atoms with van der Waals surface area (Å²) >= 11 is 0. The van der Waals surface area contributed by atoms with Gasteiger partial charge in [0, 0.05) is 0 Å². The fraction of sp³-hybridized carbons (Fsp3) is 1.00. The molecule has 0 bridgehead atoms. The van der Waals surface area contributed by atoms with E-state index in [-0.39, 0.29) is 25.1 Å². The Morgan fingerprint density at radius 1 is 1.29 bits per heavy atom. The van der Waals surface area contributed by atoms with Crippen LogP contribution < -0.4 is 0 Å². The van der Waals surface area contributed by atoms with E-state index in [1.54, 1.807) is 0 Å². The highest BCUT2D eigenvalue weighted by atomic mass is 32.2. The summed E-state index contributed by atoms with van der Waals surface area (Å²) in [7, 11) is -3.19. The first-order valence-electron chi connectivity index (χ1n) is 5.04. The fourth-order valence-electron chi connectivity index (χ4n) is 2.23. The molecule has 0 radical (unpaired) electrons. The highest BCUT2D eigenvalue weighted by molar-refractivity contribution is 7.93. The maximum absolute atomic E-state index is 12.1. The monoisotopic (exact) mass is 220 g/mol. The summed E-state index contributed by atoms with van der Waals surface area (Å²) in [6.07, 6.45) is 3.49. The molecular formula is C9H16O4S. The van der Waals surface area contributed by atoms with Gasteiger partial charge in [0.05, 0.1) is 25.1 Å². The lowest BCUT2D eigenvalue weighted by Gasteiger charge is -2.40. The molecule has 0 aromatic rings. The topological polar surface area (TPSA) is 63.6 Å². The van der Waals surface area contributed by atoms with Gasteiger partial charge in [0.25, 0.3) is 0 Å². The molecule has 0 unspecified atom stereocenters. The summed E-state index contributed by atoms with van der Waals surface area (Å²) in [6.45, 7) is 0.0382. The van der Waals surface area contributed by atoms with Gasteiger partial charge in [0.2, 0.25) is 0 Å². The Bertz CT molecular complexity index is 293. The lowest BCUT2D eigenvalue weighted by molar-refractivity contribution is -0.0371. The third-order valence-corrected chi connectivity index (χ3v) is 6.28. The Balaban J connectivity index is 2.21. The third kappa shape index (κ3) is 1.30. The van der Waals surface area contributed by atoms with Crippen molar-refractivity contribution in [3.05, 3.63) is 0 Å². The molecule has 2 fully saturated rings. The van der Waals surface area contributed by atoms with Gasteiger partial charge in [-0.3, -0.25) is 0 Å². The molecule has 14 heavy (non-hydrogen) atoms. The van der Waals surface area contributed by atoms with Crippen molar-refractivity contribution in [3.8, 4) is 0 Å². The Kier molecular flexibility index (Phi) is 2.57. The van der Waals surface area contributed by atoms with E-state index in [0.29, 0.717) is 0 Å². The maximum Gasteiger partial charge on any atom is 0.165 e. The van der Waals surface area contributed by atoms with E-state index in [0.717, 1.165) is 25.7 Å². The molecule has 4 nitrogen and oxygen atoms in total. The molecule has 0 atom stereocenters. The second-order valence-electron chi connectivity index (χ2n) is 4.29. The van der Waals surface area contributed by atoms with Crippen LogP contribution in [0.2, 0.25) is 0 Å². The summed E-state index contributed by atoms with van der Waals surface area (Å²) in [5.41, 5.74) is 0. The zero-order valence-electron chi connectivity index (χ0n) is 8.11. The number of aliphatic hydroxyl groups excluding tert-OH is 1. The molecule has 2 rings (SSSR count). The highest BCUT2D eigenvalue weighted by Gasteiger charge is 2.53. The normalized spacial score (nSPS) is 27.5. The van der Waals surface area contributed by atoms with Gasteiger partial charge >= 0.3 is 0 Å². The molecule has 1 heterocycles. The van der Waals surface area contributed by atoms with E-state index in [2.05, 4.69) is 0 Å². The van der Waals surface area contributed by atoms with Crippen LogP contribution in [0, 0.1) is 0 Å². The molecular weight excluding hydrogens is 204 g/mol. The predicted octanol–water partition coefficient (Wildman–Crippen LogP) is 0.105. The molecule has 1 saturated carbocycles. The molecule has 1 N–H and O–H groups in total. The van der Waals surface area contributed by atoms with Gasteiger partial charge in [0.15, 0.2) is 9.84 Å². The van der Waals surface area contributed by atoms with Crippen LogP contribution >= 0.6 is 0 Å². The highest BCUT2D eigenvalue weighted by Crippen LogP contribution is 2.36. The Labute approximate surface area is 84.2 Å². The lowest BCUT2D eigenvalue weighted by atomic mass is 10.1. The molecule has 82 valence electrons. The molecule has 1 aliphatic heterocycles. The Morgan fingerprint density at radius 2 is 1.86 bits per heavy atom. The number of sulfone groups is 1. The first kappa shape index (κ1) is 10.4. The molecule has 2 aliphatic rings. The SMILES string of the molecule is O=S(=O)(C1CCCC1)C1(CO)COC1. The molecule has 0 aromatic carbocycles. The number of ether oxygens (including phenoxy) is 1. The van der Waals surface area contributed by atoms with E-state index in [9.17, 15) is 13.5 Å². The van der Waals surface area contributed by atoms with Crippen LogP contribution in [0.4, 0.5) is 0 Å². The van der Waals surface area contributed by atoms with Crippen molar-refractivity contribution in [2.24, 2.45) is 0 Å². The molecule has 1 saturated heterocycles. The van der Waals surface area contributed by atoms with E-state index in [1.807, 2.05) is 0 Å². The van der Waals surface area contributed by atoms with Crippen molar-refractivity contribution in [2.45, 2.75) is 35.7 Å². The summed E-state index contributed by atoms with van der Waals surface area (Å²) in [5.74, 6) is 0. The third-order valence-electron chi connectivity index (χ3n) is 3.36. The van der Waals surface area contributed by atoms with Gasteiger partial charge < -0.3 is 9.84 Å². The molecule has 1 aliphatic carbocycles. The molecule has 5 heteroatoms.